The lowest BCUT2D eigenvalue weighted by Gasteiger charge is -2.62. The quantitative estimate of drug-likeness (QED) is 0.370. The third kappa shape index (κ3) is 5.79. The molecule has 2 bridgehead atoms. The minimum Gasteiger partial charge on any atom is -0.496 e. The van der Waals surface area contributed by atoms with E-state index in [0.29, 0.717) is 29.7 Å². The summed E-state index contributed by atoms with van der Waals surface area (Å²) in [5, 5.41) is 16.0. The normalized spacial score (nSPS) is 30.4. The fourth-order valence-corrected chi connectivity index (χ4v) is 8.17. The Morgan fingerprint density at radius 2 is 2.00 bits per heavy atom. The van der Waals surface area contributed by atoms with Crippen LogP contribution in [0, 0.1) is 29.1 Å². The minimum atomic E-state index is -0.764. The van der Waals surface area contributed by atoms with Crippen LogP contribution in [0.25, 0.3) is 11.1 Å². The summed E-state index contributed by atoms with van der Waals surface area (Å²) < 4.78 is 6.04. The van der Waals surface area contributed by atoms with Crippen molar-refractivity contribution >= 4 is 11.6 Å². The number of hydrogen-bond donors (Lipinski definition) is 3. The molecule has 43 heavy (non-hydrogen) atoms. The number of methoxy groups -OCH3 is 1. The number of carbonyl (C=O) groups is 1. The van der Waals surface area contributed by atoms with E-state index in [1.807, 2.05) is 26.2 Å². The first-order chi connectivity index (χ1) is 20.4. The van der Waals surface area contributed by atoms with Gasteiger partial charge < -0.3 is 25.8 Å². The van der Waals surface area contributed by atoms with Crippen molar-refractivity contribution in [3.05, 3.63) is 47.5 Å². The molecule has 8 nitrogen and oxygen atoms in total. The summed E-state index contributed by atoms with van der Waals surface area (Å²) in [7, 11) is 5.78. The molecule has 4 aliphatic rings. The van der Waals surface area contributed by atoms with Gasteiger partial charge in [0, 0.05) is 49.4 Å². The van der Waals surface area contributed by atoms with Crippen molar-refractivity contribution in [3.8, 4) is 16.9 Å². The topological polar surface area (TPSA) is 100 Å². The van der Waals surface area contributed by atoms with Gasteiger partial charge in [-0.2, -0.15) is 5.06 Å². The smallest absolute Gasteiger partial charge is 0.240 e. The number of aryl methyl sites for hydroxylation is 1. The summed E-state index contributed by atoms with van der Waals surface area (Å²) in [5.41, 5.74) is 11.8. The van der Waals surface area contributed by atoms with Gasteiger partial charge in [-0.1, -0.05) is 52.0 Å². The number of rotatable bonds is 10. The Hall–Kier alpha value is -2.65. The van der Waals surface area contributed by atoms with E-state index in [-0.39, 0.29) is 18.5 Å². The van der Waals surface area contributed by atoms with Crippen LogP contribution in [0.15, 0.2) is 36.4 Å². The Kier molecular flexibility index (Phi) is 9.15. The van der Waals surface area contributed by atoms with E-state index in [9.17, 15) is 9.90 Å². The number of anilines is 1. The first kappa shape index (κ1) is 31.8. The van der Waals surface area contributed by atoms with Crippen LogP contribution in [0.4, 0.5) is 5.69 Å². The number of carbonyl (C=O) groups excluding carboxylic acids is 1. The number of para-hydroxylation sites is 1. The molecule has 1 saturated heterocycles. The molecule has 2 aromatic carbocycles. The molecule has 0 aromatic heterocycles. The zero-order chi connectivity index (χ0) is 31.2. The molecule has 4 N–H and O–H groups in total. The van der Waals surface area contributed by atoms with Crippen LogP contribution < -0.4 is 20.7 Å². The highest BCUT2D eigenvalue weighted by molar-refractivity contribution is 5.83. The SMILES string of the molecule is CCc1cc(-c2cccc(CN3O[C@@H](CN)[C@H]([C@H](C)O)[C@H]3C(=O)N[C@H]3C[C@H]4C[C@@H]([C@@H]3C)C4(C)C)c2OC)cc(N(C)C)c1. The molecule has 6 rings (SSSR count). The molecule has 8 heteroatoms. The zero-order valence-electron chi connectivity index (χ0n) is 27.3. The van der Waals surface area contributed by atoms with Crippen LogP contribution in [0.5, 0.6) is 5.75 Å². The summed E-state index contributed by atoms with van der Waals surface area (Å²) >= 11 is 0. The second-order valence-electron chi connectivity index (χ2n) is 13.9. The monoisotopic (exact) mass is 592 g/mol. The molecule has 236 valence electrons. The lowest BCUT2D eigenvalue weighted by molar-refractivity contribution is -0.175. The number of benzene rings is 2. The van der Waals surface area contributed by atoms with E-state index < -0.39 is 24.2 Å². The van der Waals surface area contributed by atoms with Gasteiger partial charge >= 0.3 is 0 Å². The van der Waals surface area contributed by atoms with E-state index in [1.54, 1.807) is 19.1 Å². The van der Waals surface area contributed by atoms with Gasteiger partial charge in [0.1, 0.15) is 11.8 Å². The maximum absolute atomic E-state index is 14.1. The lowest BCUT2D eigenvalue weighted by Crippen LogP contribution is -2.62. The first-order valence-electron chi connectivity index (χ1n) is 16.0. The number of fused-ring (bicyclic) bond motifs is 2. The van der Waals surface area contributed by atoms with E-state index >= 15 is 0 Å². The second-order valence-corrected chi connectivity index (χ2v) is 13.9. The molecule has 4 fully saturated rings. The largest absolute Gasteiger partial charge is 0.496 e. The molecule has 3 aliphatic carbocycles. The average Bonchev–Trinajstić information content (AvgIpc) is 3.36. The summed E-state index contributed by atoms with van der Waals surface area (Å²) in [6.45, 7) is 11.4. The number of nitrogens with zero attached hydrogens (tertiary/aromatic N) is 2. The van der Waals surface area contributed by atoms with Crippen molar-refractivity contribution in [3.63, 3.8) is 0 Å². The molecule has 0 unspecified atom stereocenters. The minimum absolute atomic E-state index is 0.0980. The highest BCUT2D eigenvalue weighted by Crippen LogP contribution is 2.61. The standard InChI is InChI=1S/C35H52N4O4/c1-9-22-13-24(15-26(14-22)38(6)7)27-12-10-11-23(33(27)42-8)19-39-32(31(21(3)40)30(18-36)43-39)34(41)37-29-17-25-16-28(20(29)2)35(25,4)5/h10-15,20-21,25,28-32,40H,9,16-19,36H2,1-8H3,(H,37,41)/t20-,21-,25+,28-,29-,30-,31-,32-/m0/s1. The maximum atomic E-state index is 14.1. The van der Waals surface area contributed by atoms with Crippen LogP contribution in [0.3, 0.4) is 0 Å². The Bertz CT molecular complexity index is 1310. The molecule has 1 heterocycles. The summed E-state index contributed by atoms with van der Waals surface area (Å²) in [4.78, 5) is 22.6. The molecular weight excluding hydrogens is 540 g/mol. The highest BCUT2D eigenvalue weighted by Gasteiger charge is 2.57. The van der Waals surface area contributed by atoms with Crippen LogP contribution in [0.2, 0.25) is 0 Å². The first-order valence-corrected chi connectivity index (χ1v) is 16.0. The molecule has 3 saturated carbocycles. The molecule has 8 atom stereocenters. The highest BCUT2D eigenvalue weighted by atomic mass is 16.7. The predicted molar refractivity (Wildman–Crippen MR) is 172 cm³/mol. The van der Waals surface area contributed by atoms with Gasteiger partial charge in [0.2, 0.25) is 5.91 Å². The van der Waals surface area contributed by atoms with Gasteiger partial charge in [-0.15, -0.1) is 0 Å². The van der Waals surface area contributed by atoms with Gasteiger partial charge in [-0.3, -0.25) is 9.63 Å². The van der Waals surface area contributed by atoms with Crippen molar-refractivity contribution in [1.82, 2.24) is 10.4 Å². The Balaban J connectivity index is 1.45. The van der Waals surface area contributed by atoms with Crippen molar-refractivity contribution < 1.29 is 19.5 Å². The van der Waals surface area contributed by atoms with Gasteiger partial charge in [0.15, 0.2) is 0 Å². The van der Waals surface area contributed by atoms with Crippen LogP contribution in [0.1, 0.15) is 58.6 Å². The average molecular weight is 593 g/mol. The van der Waals surface area contributed by atoms with Crippen LogP contribution >= 0.6 is 0 Å². The van der Waals surface area contributed by atoms with E-state index in [2.05, 4.69) is 62.2 Å². The molecule has 2 aromatic rings. The van der Waals surface area contributed by atoms with Crippen molar-refractivity contribution in [1.29, 1.82) is 0 Å². The Morgan fingerprint density at radius 3 is 2.58 bits per heavy atom. The molecular formula is C35H52N4O4. The third-order valence-corrected chi connectivity index (χ3v) is 11.0. The Labute approximate surface area is 257 Å². The maximum Gasteiger partial charge on any atom is 0.240 e. The van der Waals surface area contributed by atoms with Crippen molar-refractivity contribution in [2.24, 2.45) is 34.8 Å². The Morgan fingerprint density at radius 1 is 1.26 bits per heavy atom. The molecule has 0 spiro atoms. The molecule has 1 aliphatic heterocycles. The molecule has 1 amide bonds. The number of nitrogens with two attached hydrogens (primary N) is 1. The van der Waals surface area contributed by atoms with Crippen molar-refractivity contribution in [2.45, 2.75) is 84.7 Å². The fourth-order valence-electron chi connectivity index (χ4n) is 8.17. The number of aliphatic hydroxyl groups is 1. The van der Waals surface area contributed by atoms with Crippen molar-refractivity contribution in [2.75, 3.05) is 32.6 Å². The van der Waals surface area contributed by atoms with Gasteiger partial charge in [-0.05, 0) is 72.6 Å². The fraction of sp³-hybridized carbons (Fsp3) is 0.629. The number of aliphatic hydroxyl groups excluding tert-OH is 1. The number of hydroxylamine groups is 2. The summed E-state index contributed by atoms with van der Waals surface area (Å²) in [5.74, 6) is 1.84. The van der Waals surface area contributed by atoms with E-state index in [4.69, 9.17) is 15.3 Å². The zero-order valence-corrected chi connectivity index (χ0v) is 27.3. The summed E-state index contributed by atoms with van der Waals surface area (Å²) in [6, 6.07) is 12.2. The lowest BCUT2D eigenvalue weighted by atomic mass is 9.45. The molecule has 0 radical (unpaired) electrons. The van der Waals surface area contributed by atoms with Gasteiger partial charge in [-0.25, -0.2) is 0 Å². The number of hydrogen-bond acceptors (Lipinski definition) is 7. The predicted octanol–water partition coefficient (Wildman–Crippen LogP) is 4.62. The van der Waals surface area contributed by atoms with Gasteiger partial charge in [0.05, 0.1) is 25.9 Å². The van der Waals surface area contributed by atoms with Crippen LogP contribution in [-0.4, -0.2) is 68.1 Å². The van der Waals surface area contributed by atoms with E-state index in [1.165, 1.54) is 12.0 Å². The number of amides is 1. The third-order valence-electron chi connectivity index (χ3n) is 11.0. The summed E-state index contributed by atoms with van der Waals surface area (Å²) in [6.07, 6.45) is 1.93. The van der Waals surface area contributed by atoms with Gasteiger partial charge in [0.25, 0.3) is 0 Å². The number of ether oxygens (including phenoxy) is 1. The second kappa shape index (κ2) is 12.4. The van der Waals surface area contributed by atoms with Crippen LogP contribution in [-0.2, 0) is 22.6 Å². The number of nitrogens with one attached hydrogen (secondary N) is 1. The van der Waals surface area contributed by atoms with E-state index in [0.717, 1.165) is 41.0 Å².